The number of rotatable bonds is 5. The minimum atomic E-state index is -0.0966. The zero-order valence-corrected chi connectivity index (χ0v) is 16.5. The van der Waals surface area contributed by atoms with Crippen LogP contribution in [0, 0.1) is 0 Å². The molecule has 4 rings (SSSR count). The van der Waals surface area contributed by atoms with Gasteiger partial charge in [0.25, 0.3) is 0 Å². The maximum Gasteiger partial charge on any atom is 0.243 e. The zero-order chi connectivity index (χ0) is 19.3. The predicted molar refractivity (Wildman–Crippen MR) is 111 cm³/mol. The molecule has 2 heterocycles. The lowest BCUT2D eigenvalue weighted by Gasteiger charge is -2.25. The number of carbonyl (C=O) groups is 2. The van der Waals surface area contributed by atoms with E-state index in [2.05, 4.69) is 22.6 Å². The van der Waals surface area contributed by atoms with Gasteiger partial charge in [0.15, 0.2) is 0 Å². The van der Waals surface area contributed by atoms with Crippen LogP contribution in [0.3, 0.4) is 0 Å². The molecule has 1 N–H and O–H groups in total. The minimum Gasteiger partial charge on any atom is -0.349 e. The maximum absolute atomic E-state index is 12.5. The third-order valence-electron chi connectivity index (χ3n) is 5.06. The summed E-state index contributed by atoms with van der Waals surface area (Å²) in [5.74, 6) is 0.818. The fourth-order valence-electron chi connectivity index (χ4n) is 3.58. The van der Waals surface area contributed by atoms with Gasteiger partial charge in [-0.1, -0.05) is 48.5 Å². The molecule has 2 aromatic carbocycles. The summed E-state index contributed by atoms with van der Waals surface area (Å²) in [7, 11) is 0. The second-order valence-electron chi connectivity index (χ2n) is 6.97. The highest BCUT2D eigenvalue weighted by Crippen LogP contribution is 2.35. The van der Waals surface area contributed by atoms with Crippen molar-refractivity contribution in [1.29, 1.82) is 0 Å². The highest BCUT2D eigenvalue weighted by atomic mass is 32.2. The molecule has 0 fully saturated rings. The van der Waals surface area contributed by atoms with Crippen molar-refractivity contribution in [3.63, 3.8) is 0 Å². The molecule has 6 heteroatoms. The van der Waals surface area contributed by atoms with Crippen molar-refractivity contribution < 1.29 is 9.59 Å². The lowest BCUT2D eigenvalue weighted by Crippen LogP contribution is -2.32. The number of nitrogens with one attached hydrogen (secondary N) is 1. The van der Waals surface area contributed by atoms with Crippen LogP contribution >= 0.6 is 11.8 Å². The van der Waals surface area contributed by atoms with E-state index in [0.717, 1.165) is 29.9 Å². The number of benzene rings is 2. The van der Waals surface area contributed by atoms with Crippen LogP contribution in [0.15, 0.2) is 64.6 Å². The summed E-state index contributed by atoms with van der Waals surface area (Å²) in [4.78, 5) is 26.1. The van der Waals surface area contributed by atoms with E-state index in [0.29, 0.717) is 6.54 Å². The van der Waals surface area contributed by atoms with Gasteiger partial charge in [0.1, 0.15) is 0 Å². The van der Waals surface area contributed by atoms with Crippen LogP contribution in [0.2, 0.25) is 0 Å². The van der Waals surface area contributed by atoms with Crippen molar-refractivity contribution in [3.05, 3.63) is 65.7 Å². The number of carbonyl (C=O) groups excluding carboxylic acids is 2. The first kappa shape index (κ1) is 18.7. The predicted octanol–water partition coefficient (Wildman–Crippen LogP) is 3.76. The van der Waals surface area contributed by atoms with Crippen molar-refractivity contribution in [2.24, 2.45) is 5.10 Å². The molecule has 0 radical (unpaired) electrons. The molecule has 0 saturated heterocycles. The van der Waals surface area contributed by atoms with Gasteiger partial charge in [0.05, 0.1) is 18.3 Å². The van der Waals surface area contributed by atoms with Gasteiger partial charge < -0.3 is 5.32 Å². The van der Waals surface area contributed by atoms with E-state index in [1.807, 2.05) is 54.2 Å². The molecule has 0 unspecified atom stereocenters. The number of thioether (sulfide) groups is 1. The summed E-state index contributed by atoms with van der Waals surface area (Å²) < 4.78 is 0. The Morgan fingerprint density at radius 1 is 1.07 bits per heavy atom. The minimum absolute atomic E-state index is 0.0366. The molecule has 0 saturated carbocycles. The molecule has 0 aromatic heterocycles. The average Bonchev–Trinajstić information content (AvgIpc) is 3.23. The third kappa shape index (κ3) is 4.28. The van der Waals surface area contributed by atoms with Crippen LogP contribution in [0.1, 0.15) is 42.9 Å². The zero-order valence-electron chi connectivity index (χ0n) is 15.6. The summed E-state index contributed by atoms with van der Waals surface area (Å²) in [6.45, 7) is 0.581. The molecule has 0 bridgehead atoms. The van der Waals surface area contributed by atoms with Crippen molar-refractivity contribution in [1.82, 2.24) is 10.3 Å². The fourth-order valence-corrected chi connectivity index (χ4v) is 4.70. The Labute approximate surface area is 169 Å². The van der Waals surface area contributed by atoms with Crippen molar-refractivity contribution in [2.45, 2.75) is 36.6 Å². The van der Waals surface area contributed by atoms with Crippen LogP contribution in [0.25, 0.3) is 0 Å². The first-order valence-corrected chi connectivity index (χ1v) is 10.6. The molecule has 0 spiro atoms. The largest absolute Gasteiger partial charge is 0.349 e. The van der Waals surface area contributed by atoms with Gasteiger partial charge in [-0.25, -0.2) is 5.01 Å². The normalized spacial score (nSPS) is 18.4. The SMILES string of the molecule is O=C(CCC(=O)N1CCC(c2ccccc2)=N1)N[C@H]1CCSc2ccccc21. The summed E-state index contributed by atoms with van der Waals surface area (Å²) in [6.07, 6.45) is 2.04. The van der Waals surface area contributed by atoms with Crippen LogP contribution in [-0.4, -0.2) is 34.8 Å². The van der Waals surface area contributed by atoms with Crippen molar-refractivity contribution >= 4 is 29.3 Å². The molecule has 2 aromatic rings. The molecule has 144 valence electrons. The second kappa shape index (κ2) is 8.61. The van der Waals surface area contributed by atoms with Gasteiger partial charge in [0.2, 0.25) is 11.8 Å². The summed E-state index contributed by atoms with van der Waals surface area (Å²) in [6, 6.07) is 18.1. The first-order valence-electron chi connectivity index (χ1n) is 9.65. The number of fused-ring (bicyclic) bond motifs is 1. The molecule has 0 aliphatic carbocycles. The molecular weight excluding hydrogens is 370 g/mol. The van der Waals surface area contributed by atoms with E-state index in [-0.39, 0.29) is 30.7 Å². The monoisotopic (exact) mass is 393 g/mol. The van der Waals surface area contributed by atoms with Gasteiger partial charge in [-0.15, -0.1) is 11.8 Å². The first-order chi connectivity index (χ1) is 13.7. The van der Waals surface area contributed by atoms with Crippen LogP contribution in [0.5, 0.6) is 0 Å². The molecule has 1 atom stereocenters. The van der Waals surface area contributed by atoms with Crippen LogP contribution in [-0.2, 0) is 9.59 Å². The maximum atomic E-state index is 12.5. The Hall–Kier alpha value is -2.60. The van der Waals surface area contributed by atoms with Crippen molar-refractivity contribution in [2.75, 3.05) is 12.3 Å². The van der Waals surface area contributed by atoms with Gasteiger partial charge in [-0.2, -0.15) is 5.10 Å². The summed E-state index contributed by atoms with van der Waals surface area (Å²) >= 11 is 1.83. The van der Waals surface area contributed by atoms with E-state index in [9.17, 15) is 9.59 Å². The highest BCUT2D eigenvalue weighted by Gasteiger charge is 2.24. The van der Waals surface area contributed by atoms with Gasteiger partial charge in [0, 0.05) is 29.9 Å². The van der Waals surface area contributed by atoms with E-state index in [4.69, 9.17) is 0 Å². The topological polar surface area (TPSA) is 61.8 Å². The lowest BCUT2D eigenvalue weighted by atomic mass is 10.0. The average molecular weight is 394 g/mol. The number of hydrogen-bond donors (Lipinski definition) is 1. The van der Waals surface area contributed by atoms with Gasteiger partial charge in [-0.05, 0) is 23.6 Å². The lowest BCUT2D eigenvalue weighted by molar-refractivity contribution is -0.133. The number of hydrogen-bond acceptors (Lipinski definition) is 4. The van der Waals surface area contributed by atoms with Gasteiger partial charge >= 0.3 is 0 Å². The van der Waals surface area contributed by atoms with E-state index < -0.39 is 0 Å². The van der Waals surface area contributed by atoms with Crippen molar-refractivity contribution in [3.8, 4) is 0 Å². The molecule has 2 aliphatic heterocycles. The Kier molecular flexibility index (Phi) is 5.76. The van der Waals surface area contributed by atoms with E-state index >= 15 is 0 Å². The molecule has 2 aliphatic rings. The highest BCUT2D eigenvalue weighted by molar-refractivity contribution is 7.99. The number of amides is 2. The molecular formula is C22H23N3O2S. The molecule has 28 heavy (non-hydrogen) atoms. The van der Waals surface area contributed by atoms with E-state index in [1.54, 1.807) is 0 Å². The second-order valence-corrected chi connectivity index (χ2v) is 8.11. The number of hydrazone groups is 1. The summed E-state index contributed by atoms with van der Waals surface area (Å²) in [5.41, 5.74) is 3.15. The third-order valence-corrected chi connectivity index (χ3v) is 6.18. The fraction of sp³-hybridized carbons (Fsp3) is 0.318. The quantitative estimate of drug-likeness (QED) is 0.841. The standard InChI is InChI=1S/C22H23N3O2S/c26-21(23-19-13-15-28-20-9-5-4-8-17(19)20)10-11-22(27)25-14-12-18(24-25)16-6-2-1-3-7-16/h1-9,19H,10-15H2,(H,23,26)/t19-/m0/s1. The number of nitrogens with zero attached hydrogens (tertiary/aromatic N) is 2. The van der Waals surface area contributed by atoms with E-state index in [1.165, 1.54) is 15.5 Å². The molecule has 5 nitrogen and oxygen atoms in total. The Morgan fingerprint density at radius 3 is 2.71 bits per heavy atom. The van der Waals surface area contributed by atoms with Crippen LogP contribution in [0.4, 0.5) is 0 Å². The Morgan fingerprint density at radius 2 is 1.86 bits per heavy atom. The Balaban J connectivity index is 1.30. The molecule has 2 amide bonds. The summed E-state index contributed by atoms with van der Waals surface area (Å²) in [5, 5.41) is 9.05. The smallest absolute Gasteiger partial charge is 0.243 e. The Bertz CT molecular complexity index is 898. The van der Waals surface area contributed by atoms with Crippen LogP contribution < -0.4 is 5.32 Å². The van der Waals surface area contributed by atoms with Gasteiger partial charge in [-0.3, -0.25) is 9.59 Å².